The lowest BCUT2D eigenvalue weighted by Gasteiger charge is -2.16. The standard InChI is InChI=1S/C12H17ClO5S/c1-4-5-8-18-11-9(16-2)6-7-10(12(11)17-3)19(13,14)15/h6-7H,4-5,8H2,1-3H3. The minimum atomic E-state index is -3.91. The first kappa shape index (κ1) is 15.9. The van der Waals surface area contributed by atoms with Gasteiger partial charge in [0.25, 0.3) is 9.05 Å². The van der Waals surface area contributed by atoms with Gasteiger partial charge in [-0.1, -0.05) is 13.3 Å². The van der Waals surface area contributed by atoms with Crippen molar-refractivity contribution in [3.05, 3.63) is 12.1 Å². The van der Waals surface area contributed by atoms with Gasteiger partial charge in [0.2, 0.25) is 5.75 Å². The van der Waals surface area contributed by atoms with Crippen molar-refractivity contribution in [2.24, 2.45) is 0 Å². The number of benzene rings is 1. The van der Waals surface area contributed by atoms with Crippen LogP contribution in [-0.2, 0) is 9.05 Å². The van der Waals surface area contributed by atoms with Gasteiger partial charge in [-0.05, 0) is 18.6 Å². The van der Waals surface area contributed by atoms with E-state index < -0.39 is 9.05 Å². The molecule has 5 nitrogen and oxygen atoms in total. The molecule has 0 N–H and O–H groups in total. The summed E-state index contributed by atoms with van der Waals surface area (Å²) in [5.74, 6) is 0.711. The van der Waals surface area contributed by atoms with Crippen molar-refractivity contribution in [1.29, 1.82) is 0 Å². The van der Waals surface area contributed by atoms with E-state index in [0.717, 1.165) is 12.8 Å². The lowest BCUT2D eigenvalue weighted by Crippen LogP contribution is -2.04. The van der Waals surface area contributed by atoms with Crippen LogP contribution in [0.4, 0.5) is 0 Å². The molecule has 1 aromatic rings. The van der Waals surface area contributed by atoms with E-state index in [2.05, 4.69) is 0 Å². The average Bonchev–Trinajstić information content (AvgIpc) is 2.37. The number of ether oxygens (including phenoxy) is 3. The summed E-state index contributed by atoms with van der Waals surface area (Å²) in [7, 11) is 4.28. The maximum absolute atomic E-state index is 11.5. The molecule has 0 saturated heterocycles. The fraction of sp³-hybridized carbons (Fsp3) is 0.500. The third kappa shape index (κ3) is 3.91. The fourth-order valence-electron chi connectivity index (χ4n) is 1.53. The number of unbranched alkanes of at least 4 members (excludes halogenated alkanes) is 1. The number of hydrogen-bond acceptors (Lipinski definition) is 5. The van der Waals surface area contributed by atoms with Crippen molar-refractivity contribution in [3.63, 3.8) is 0 Å². The second kappa shape index (κ2) is 6.86. The molecule has 0 aliphatic carbocycles. The molecule has 1 aromatic carbocycles. The van der Waals surface area contributed by atoms with E-state index in [1.54, 1.807) is 0 Å². The summed E-state index contributed by atoms with van der Waals surface area (Å²) in [6, 6.07) is 2.81. The van der Waals surface area contributed by atoms with Crippen LogP contribution in [0.1, 0.15) is 19.8 Å². The highest BCUT2D eigenvalue weighted by atomic mass is 35.7. The Hall–Kier alpha value is -1.14. The molecule has 0 unspecified atom stereocenters. The monoisotopic (exact) mass is 308 g/mol. The summed E-state index contributed by atoms with van der Waals surface area (Å²) in [5.41, 5.74) is 0. The summed E-state index contributed by atoms with van der Waals surface area (Å²) in [5, 5.41) is 0. The van der Waals surface area contributed by atoms with Crippen LogP contribution in [0.15, 0.2) is 17.0 Å². The predicted molar refractivity (Wildman–Crippen MR) is 73.0 cm³/mol. The van der Waals surface area contributed by atoms with Crippen LogP contribution in [0.25, 0.3) is 0 Å². The van der Waals surface area contributed by atoms with Crippen LogP contribution in [-0.4, -0.2) is 29.2 Å². The fourth-order valence-corrected chi connectivity index (χ4v) is 2.52. The minimum Gasteiger partial charge on any atom is -0.493 e. The Morgan fingerprint density at radius 2 is 1.84 bits per heavy atom. The minimum absolute atomic E-state index is 0.0606. The second-order valence-electron chi connectivity index (χ2n) is 3.77. The molecule has 0 saturated carbocycles. The van der Waals surface area contributed by atoms with Crippen LogP contribution in [0.5, 0.6) is 17.2 Å². The van der Waals surface area contributed by atoms with Gasteiger partial charge < -0.3 is 14.2 Å². The van der Waals surface area contributed by atoms with Crippen LogP contribution in [0, 0.1) is 0 Å². The Morgan fingerprint density at radius 3 is 2.32 bits per heavy atom. The lowest BCUT2D eigenvalue weighted by atomic mass is 10.3. The van der Waals surface area contributed by atoms with Gasteiger partial charge >= 0.3 is 0 Å². The van der Waals surface area contributed by atoms with E-state index in [-0.39, 0.29) is 16.4 Å². The van der Waals surface area contributed by atoms with Crippen molar-refractivity contribution >= 4 is 19.7 Å². The Bertz CT molecular complexity index is 527. The maximum Gasteiger partial charge on any atom is 0.265 e. The molecule has 0 atom stereocenters. The van der Waals surface area contributed by atoms with Gasteiger partial charge in [-0.25, -0.2) is 8.42 Å². The molecule has 7 heteroatoms. The quantitative estimate of drug-likeness (QED) is 0.572. The van der Waals surface area contributed by atoms with Crippen LogP contribution >= 0.6 is 10.7 Å². The molecule has 0 bridgehead atoms. The van der Waals surface area contributed by atoms with Gasteiger partial charge in [-0.15, -0.1) is 0 Å². The largest absolute Gasteiger partial charge is 0.493 e. The van der Waals surface area contributed by atoms with Crippen molar-refractivity contribution in [2.45, 2.75) is 24.7 Å². The molecule has 1 rings (SSSR count). The summed E-state index contributed by atoms with van der Waals surface area (Å²) < 4.78 is 38.8. The zero-order valence-electron chi connectivity index (χ0n) is 11.1. The number of hydrogen-bond donors (Lipinski definition) is 0. The third-order valence-electron chi connectivity index (χ3n) is 2.47. The third-order valence-corrected chi connectivity index (χ3v) is 3.82. The van der Waals surface area contributed by atoms with Crippen LogP contribution in [0.3, 0.4) is 0 Å². The smallest absolute Gasteiger partial charge is 0.265 e. The summed E-state index contributed by atoms with van der Waals surface area (Å²) >= 11 is 0. The van der Waals surface area contributed by atoms with Gasteiger partial charge in [-0.3, -0.25) is 0 Å². The molecule has 0 fully saturated rings. The summed E-state index contributed by atoms with van der Waals surface area (Å²) in [6.07, 6.45) is 1.79. The highest BCUT2D eigenvalue weighted by Gasteiger charge is 2.23. The molecule has 0 heterocycles. The van der Waals surface area contributed by atoms with Gasteiger partial charge in [-0.2, -0.15) is 0 Å². The molecule has 0 aliphatic heterocycles. The van der Waals surface area contributed by atoms with E-state index in [1.807, 2.05) is 6.92 Å². The molecule has 19 heavy (non-hydrogen) atoms. The number of halogens is 1. The van der Waals surface area contributed by atoms with Crippen molar-refractivity contribution in [3.8, 4) is 17.2 Å². The van der Waals surface area contributed by atoms with Crippen LogP contribution < -0.4 is 14.2 Å². The Labute approximate surface area is 117 Å². The average molecular weight is 309 g/mol. The Balaban J connectivity index is 3.29. The molecule has 0 spiro atoms. The van der Waals surface area contributed by atoms with Gasteiger partial charge in [0.15, 0.2) is 11.5 Å². The normalized spacial score (nSPS) is 11.2. The first-order chi connectivity index (χ1) is 8.95. The van der Waals surface area contributed by atoms with Gasteiger partial charge in [0.05, 0.1) is 20.8 Å². The molecule has 0 aromatic heterocycles. The number of rotatable bonds is 7. The molecular formula is C12H17ClO5S. The van der Waals surface area contributed by atoms with Crippen molar-refractivity contribution in [1.82, 2.24) is 0 Å². The molecule has 108 valence electrons. The zero-order valence-corrected chi connectivity index (χ0v) is 12.7. The maximum atomic E-state index is 11.5. The van der Waals surface area contributed by atoms with E-state index in [9.17, 15) is 8.42 Å². The van der Waals surface area contributed by atoms with Gasteiger partial charge in [0.1, 0.15) is 4.90 Å². The molecule has 0 amide bonds. The van der Waals surface area contributed by atoms with Crippen molar-refractivity contribution < 1.29 is 22.6 Å². The Morgan fingerprint density at radius 1 is 1.16 bits per heavy atom. The highest BCUT2D eigenvalue weighted by molar-refractivity contribution is 8.13. The topological polar surface area (TPSA) is 61.8 Å². The van der Waals surface area contributed by atoms with E-state index in [1.165, 1.54) is 26.4 Å². The summed E-state index contributed by atoms with van der Waals surface area (Å²) in [4.78, 5) is -0.135. The van der Waals surface area contributed by atoms with Crippen LogP contribution in [0.2, 0.25) is 0 Å². The van der Waals surface area contributed by atoms with E-state index >= 15 is 0 Å². The van der Waals surface area contributed by atoms with Gasteiger partial charge in [0, 0.05) is 10.7 Å². The van der Waals surface area contributed by atoms with Crippen molar-refractivity contribution in [2.75, 3.05) is 20.8 Å². The predicted octanol–water partition coefficient (Wildman–Crippen LogP) is 2.81. The van der Waals surface area contributed by atoms with E-state index in [0.29, 0.717) is 12.4 Å². The highest BCUT2D eigenvalue weighted by Crippen LogP contribution is 2.43. The first-order valence-electron chi connectivity index (χ1n) is 5.78. The number of methoxy groups -OCH3 is 2. The van der Waals surface area contributed by atoms with E-state index in [4.69, 9.17) is 24.9 Å². The second-order valence-corrected chi connectivity index (χ2v) is 6.30. The first-order valence-corrected chi connectivity index (χ1v) is 8.09. The molecular weight excluding hydrogens is 292 g/mol. The molecule has 0 aliphatic rings. The lowest BCUT2D eigenvalue weighted by molar-refractivity contribution is 0.267. The summed E-state index contributed by atoms with van der Waals surface area (Å²) in [6.45, 7) is 2.46. The zero-order chi connectivity index (χ0) is 14.5. The molecule has 0 radical (unpaired) electrons. The Kier molecular flexibility index (Phi) is 5.75. The SMILES string of the molecule is CCCCOc1c(OC)ccc(S(=O)(=O)Cl)c1OC.